The number of rotatable bonds is 14. The Balaban J connectivity index is -0.00000684. The molecule has 0 radical (unpaired) electrons. The molecule has 0 aromatic heterocycles. The van der Waals surface area contributed by atoms with Crippen molar-refractivity contribution in [1.29, 1.82) is 0 Å². The number of hydrogen-bond donors (Lipinski definition) is 1. The summed E-state index contributed by atoms with van der Waals surface area (Å²) in [5, 5.41) is 22.4. The van der Waals surface area contributed by atoms with Gasteiger partial charge in [0.25, 0.3) is 10.1 Å². The molecule has 2 unspecified atom stereocenters. The normalized spacial score (nSPS) is 16.6. The van der Waals surface area contributed by atoms with Gasteiger partial charge >= 0.3 is 108 Å². The Labute approximate surface area is 254 Å². The fraction of sp³-hybridized carbons (Fsp3) is 0.857. The Hall–Kier alpha value is -0.270. The molecule has 40 heavy (non-hydrogen) atoms. The minimum atomic E-state index is -7.66. The average Bonchev–Trinajstić information content (AvgIpc) is 2.68. The quantitative estimate of drug-likeness (QED) is 0.113. The van der Waals surface area contributed by atoms with Crippen LogP contribution >= 0.6 is 0 Å². The van der Waals surface area contributed by atoms with Crippen LogP contribution in [0.4, 0.5) is 70.2 Å². The second kappa shape index (κ2) is 13.2. The van der Waals surface area contributed by atoms with Gasteiger partial charge in [0.1, 0.15) is 0 Å². The summed E-state index contributed by atoms with van der Waals surface area (Å²) < 4.78 is 237. The Kier molecular flexibility index (Phi) is 14.5. The summed E-state index contributed by atoms with van der Waals surface area (Å²) in [7, 11) is -7.64. The van der Waals surface area contributed by atoms with E-state index in [0.717, 1.165) is 0 Å². The summed E-state index contributed by atoms with van der Waals surface area (Å²) in [6, 6.07) is 0. The molecule has 0 bridgehead atoms. The van der Waals surface area contributed by atoms with Crippen LogP contribution in [-0.4, -0.2) is 78.0 Å². The molecule has 0 saturated heterocycles. The zero-order valence-corrected chi connectivity index (χ0v) is 23.8. The first-order valence-corrected chi connectivity index (χ1v) is 9.99. The Morgan fingerprint density at radius 2 is 0.975 bits per heavy atom. The van der Waals surface area contributed by atoms with Gasteiger partial charge in [0.2, 0.25) is 0 Å². The van der Waals surface area contributed by atoms with Crippen LogP contribution in [0.5, 0.6) is 0 Å². The molecule has 0 aromatic carbocycles. The maximum absolute atomic E-state index is 14.0. The molecular weight excluding hydrogens is 662 g/mol. The predicted molar refractivity (Wildman–Crippen MR) is 78.7 cm³/mol. The Morgan fingerprint density at radius 3 is 1.20 bits per heavy atom. The van der Waals surface area contributed by atoms with Crippen molar-refractivity contribution in [3.63, 3.8) is 0 Å². The van der Waals surface area contributed by atoms with Crippen molar-refractivity contribution >= 4 is 22.1 Å². The van der Waals surface area contributed by atoms with Gasteiger partial charge in [-0.3, -0.25) is 4.55 Å². The number of carbonyl (C=O) groups is 2. The number of halogens is 16. The summed E-state index contributed by atoms with van der Waals surface area (Å²) in [4.78, 5) is 22.4. The minimum absolute atomic E-state index is 0. The first kappa shape index (κ1) is 44.2. The van der Waals surface area contributed by atoms with Gasteiger partial charge in [0, 0.05) is 24.7 Å². The fourth-order valence-electron chi connectivity index (χ4n) is 2.74. The molecule has 26 heteroatoms. The van der Waals surface area contributed by atoms with Crippen LogP contribution in [0, 0.1) is 5.92 Å². The van der Waals surface area contributed by atoms with Crippen molar-refractivity contribution in [2.24, 2.45) is 5.92 Å². The number of carboxylic acids is 2. The van der Waals surface area contributed by atoms with Crippen LogP contribution < -0.4 is 69.3 Å². The van der Waals surface area contributed by atoms with E-state index < -0.39 is 93.9 Å². The van der Waals surface area contributed by atoms with Crippen molar-refractivity contribution in [3.8, 4) is 0 Å². The topological polar surface area (TPSA) is 135 Å². The minimum Gasteiger partial charge on any atom is -0.550 e. The molecule has 0 aromatic rings. The van der Waals surface area contributed by atoms with Gasteiger partial charge in [0.15, 0.2) is 4.75 Å². The molecule has 0 fully saturated rings. The molecule has 0 saturated carbocycles. The molecule has 0 aliphatic rings. The molecule has 0 spiro atoms. The first-order valence-electron chi connectivity index (χ1n) is 8.55. The third-order valence-electron chi connectivity index (χ3n) is 4.90. The summed E-state index contributed by atoms with van der Waals surface area (Å²) in [6.07, 6.45) is -20.2. The molecule has 0 rings (SSSR count). The van der Waals surface area contributed by atoms with Gasteiger partial charge in [-0.2, -0.15) is 61.1 Å². The van der Waals surface area contributed by atoms with Crippen LogP contribution in [0.2, 0.25) is 0 Å². The molecule has 1 N–H and O–H groups in total. The molecule has 2 atom stereocenters. The molecular formula is C14H8F16Na2O7S. The van der Waals surface area contributed by atoms with Gasteiger partial charge in [-0.15, -0.1) is 0 Å². The van der Waals surface area contributed by atoms with Crippen LogP contribution in [0.15, 0.2) is 0 Å². The van der Waals surface area contributed by atoms with E-state index in [0.29, 0.717) is 0 Å². The monoisotopic (exact) mass is 670 g/mol. The van der Waals surface area contributed by atoms with E-state index in [1.54, 1.807) is 0 Å². The number of alkyl halides is 16. The van der Waals surface area contributed by atoms with Gasteiger partial charge < -0.3 is 19.8 Å². The Bertz CT molecular complexity index is 1020. The third kappa shape index (κ3) is 7.26. The van der Waals surface area contributed by atoms with Crippen LogP contribution in [-0.2, 0) is 19.7 Å². The zero-order valence-electron chi connectivity index (χ0n) is 19.0. The predicted octanol–water partition coefficient (Wildman–Crippen LogP) is -4.14. The molecule has 7 nitrogen and oxygen atoms in total. The second-order valence-corrected chi connectivity index (χ2v) is 8.99. The molecule has 0 amide bonds. The Morgan fingerprint density at radius 1 is 0.675 bits per heavy atom. The van der Waals surface area contributed by atoms with E-state index in [1.165, 1.54) is 0 Å². The number of carboxylic acid groups (broad SMARTS) is 2. The first-order chi connectivity index (χ1) is 16.3. The molecule has 0 aliphatic heterocycles. The fourth-order valence-corrected chi connectivity index (χ4v) is 3.85. The summed E-state index contributed by atoms with van der Waals surface area (Å²) in [6.45, 7) is 0. The van der Waals surface area contributed by atoms with Crippen molar-refractivity contribution in [3.05, 3.63) is 0 Å². The largest absolute Gasteiger partial charge is 1.00 e. The van der Waals surface area contributed by atoms with E-state index >= 15 is 0 Å². The van der Waals surface area contributed by atoms with E-state index in [9.17, 15) is 98.5 Å². The summed E-state index contributed by atoms with van der Waals surface area (Å²) in [5.41, 5.74) is 0. The third-order valence-corrected chi connectivity index (χ3v) is 6.42. The van der Waals surface area contributed by atoms with E-state index in [4.69, 9.17) is 4.55 Å². The molecule has 0 aliphatic carbocycles. The summed E-state index contributed by atoms with van der Waals surface area (Å²) in [5.74, 6) is -57.6. The van der Waals surface area contributed by atoms with E-state index in [-0.39, 0.29) is 59.1 Å². The second-order valence-electron chi connectivity index (χ2n) is 7.31. The van der Waals surface area contributed by atoms with Crippen molar-refractivity contribution < 1.29 is 162 Å². The maximum Gasteiger partial charge on any atom is 1.00 e. The molecule has 0 heterocycles. The van der Waals surface area contributed by atoms with Crippen molar-refractivity contribution in [2.45, 2.75) is 66.0 Å². The zero-order chi connectivity index (χ0) is 31.3. The van der Waals surface area contributed by atoms with Gasteiger partial charge in [-0.25, -0.2) is 17.6 Å². The number of aliphatic carboxylic acids is 2. The smallest absolute Gasteiger partial charge is 0.550 e. The van der Waals surface area contributed by atoms with Gasteiger partial charge in [0.05, 0.1) is 5.97 Å². The SMILES string of the molecule is O=C([O-])C(CC(F)(F)C(F)(F)C(F)(F)C(F)F)C(CC(F)(F)C(F)(F)C(F)(F)C(F)F)(C(=O)[O-])S(=O)(=O)O.[Na+].[Na+]. The van der Waals surface area contributed by atoms with E-state index in [1.807, 2.05) is 0 Å². The number of hydrogen-bond acceptors (Lipinski definition) is 6. The van der Waals surface area contributed by atoms with Gasteiger partial charge in [-0.05, 0) is 0 Å². The summed E-state index contributed by atoms with van der Waals surface area (Å²) >= 11 is 0. The van der Waals surface area contributed by atoms with Crippen LogP contribution in [0.3, 0.4) is 0 Å². The van der Waals surface area contributed by atoms with Crippen LogP contribution in [0.1, 0.15) is 12.8 Å². The van der Waals surface area contributed by atoms with E-state index in [2.05, 4.69) is 0 Å². The standard InChI is InChI=1S/C14H10F16O7S.2Na/c15-5(16)11(23,24)13(27,28)9(19,20)1-3(4(31)32)8(7(33)34,38(35,36)37)2-10(21,22)14(29,30)12(25,26)6(17)18;;/h3,5-6H,1-2H2,(H,31,32)(H,33,34)(H,35,36,37);;/q;2*+1/p-2. The van der Waals surface area contributed by atoms with Crippen molar-refractivity contribution in [1.82, 2.24) is 0 Å². The van der Waals surface area contributed by atoms with Crippen LogP contribution in [0.25, 0.3) is 0 Å². The maximum atomic E-state index is 14.0. The average molecular weight is 670 g/mol. The molecule has 226 valence electrons. The van der Waals surface area contributed by atoms with Gasteiger partial charge in [-0.1, -0.05) is 0 Å². The van der Waals surface area contributed by atoms with Crippen molar-refractivity contribution in [2.75, 3.05) is 0 Å². The number of carbonyl (C=O) groups excluding carboxylic acids is 2.